The maximum Gasteiger partial charge on any atom is 0.254 e. The molecule has 0 saturated carbocycles. The molecule has 2 heterocycles. The lowest BCUT2D eigenvalue weighted by atomic mass is 9.74. The minimum absolute atomic E-state index is 0.0579. The second-order valence-corrected chi connectivity index (χ2v) is 10.1. The molecule has 2 saturated heterocycles. The first-order chi connectivity index (χ1) is 15.5. The summed E-state index contributed by atoms with van der Waals surface area (Å²) < 4.78 is 34.5. The number of methoxy groups -OCH3 is 4. The molecule has 194 valence electrons. The van der Waals surface area contributed by atoms with Crippen LogP contribution in [0.15, 0.2) is 0 Å². The highest BCUT2D eigenvalue weighted by Crippen LogP contribution is 2.40. The Balaban J connectivity index is 2.03. The number of ether oxygens (including phenoxy) is 6. The molecule has 0 aromatic carbocycles. The Bertz CT molecular complexity index is 617. The van der Waals surface area contributed by atoms with E-state index >= 15 is 0 Å². The molecule has 2 fully saturated rings. The summed E-state index contributed by atoms with van der Waals surface area (Å²) in [7, 11) is 6.46. The number of carbonyl (C=O) groups excluding carboxylic acids is 1. The van der Waals surface area contributed by atoms with Gasteiger partial charge in [0, 0.05) is 59.7 Å². The fourth-order valence-corrected chi connectivity index (χ4v) is 4.89. The molecule has 0 radical (unpaired) electrons. The van der Waals surface area contributed by atoms with Gasteiger partial charge in [-0.05, 0) is 19.3 Å². The zero-order valence-electron chi connectivity index (χ0n) is 21.6. The molecule has 9 heteroatoms. The Morgan fingerprint density at radius 1 is 1.21 bits per heavy atom. The van der Waals surface area contributed by atoms with Gasteiger partial charge >= 0.3 is 0 Å². The van der Waals surface area contributed by atoms with Crippen LogP contribution in [0.5, 0.6) is 0 Å². The Labute approximate surface area is 198 Å². The Morgan fingerprint density at radius 3 is 2.45 bits per heavy atom. The van der Waals surface area contributed by atoms with E-state index in [0.29, 0.717) is 31.8 Å². The van der Waals surface area contributed by atoms with Crippen molar-refractivity contribution >= 4 is 5.91 Å². The molecule has 2 N–H and O–H groups in total. The van der Waals surface area contributed by atoms with Gasteiger partial charge in [0.1, 0.15) is 0 Å². The minimum atomic E-state index is -1.44. The largest absolute Gasteiger partial charge is 0.382 e. The molecule has 8 unspecified atom stereocenters. The number of aliphatic hydroxyl groups is 1. The molecule has 33 heavy (non-hydrogen) atoms. The highest BCUT2D eigenvalue weighted by atomic mass is 16.7. The third-order valence-electron chi connectivity index (χ3n) is 7.59. The second-order valence-electron chi connectivity index (χ2n) is 10.1. The van der Waals surface area contributed by atoms with Gasteiger partial charge in [0.25, 0.3) is 5.91 Å². The van der Waals surface area contributed by atoms with Crippen molar-refractivity contribution in [1.82, 2.24) is 5.32 Å². The quantitative estimate of drug-likeness (QED) is 0.467. The first-order valence-electron chi connectivity index (χ1n) is 11.9. The van der Waals surface area contributed by atoms with Gasteiger partial charge in [-0.1, -0.05) is 20.8 Å². The van der Waals surface area contributed by atoms with Crippen LogP contribution in [0.3, 0.4) is 0 Å². The molecule has 0 spiro atoms. The molecule has 0 bridgehead atoms. The Kier molecular flexibility index (Phi) is 10.5. The molecule has 8 atom stereocenters. The highest BCUT2D eigenvalue weighted by Gasteiger charge is 2.49. The van der Waals surface area contributed by atoms with Gasteiger partial charge in [0.2, 0.25) is 5.79 Å². The van der Waals surface area contributed by atoms with E-state index in [1.165, 1.54) is 7.11 Å². The van der Waals surface area contributed by atoms with Crippen molar-refractivity contribution in [2.24, 2.45) is 11.3 Å². The summed E-state index contributed by atoms with van der Waals surface area (Å²) in [6, 6.07) is 0. The van der Waals surface area contributed by atoms with E-state index in [-0.39, 0.29) is 42.5 Å². The lowest BCUT2D eigenvalue weighted by Crippen LogP contribution is -2.59. The molecule has 1 amide bonds. The fraction of sp³-hybridized carbons (Fsp3) is 0.958. The summed E-state index contributed by atoms with van der Waals surface area (Å²) in [5.41, 5.74) is -0.248. The normalized spacial score (nSPS) is 36.2. The Hall–Kier alpha value is -0.810. The zero-order chi connectivity index (χ0) is 24.8. The first-order valence-corrected chi connectivity index (χ1v) is 11.9. The van der Waals surface area contributed by atoms with Crippen molar-refractivity contribution in [2.75, 3.05) is 41.6 Å². The maximum atomic E-state index is 12.9. The third-order valence-corrected chi connectivity index (χ3v) is 7.59. The first kappa shape index (κ1) is 28.4. The molecular weight excluding hydrogens is 430 g/mol. The third kappa shape index (κ3) is 6.66. The van der Waals surface area contributed by atoms with E-state index in [0.717, 1.165) is 6.42 Å². The molecule has 2 aliphatic heterocycles. The second kappa shape index (κ2) is 12.2. The average molecular weight is 476 g/mol. The van der Waals surface area contributed by atoms with Gasteiger partial charge in [-0.25, -0.2) is 0 Å². The Morgan fingerprint density at radius 2 is 1.91 bits per heavy atom. The molecule has 0 aromatic rings. The van der Waals surface area contributed by atoms with Crippen molar-refractivity contribution < 1.29 is 38.3 Å². The monoisotopic (exact) mass is 475 g/mol. The molecule has 0 aromatic heterocycles. The van der Waals surface area contributed by atoms with Crippen LogP contribution in [0.1, 0.15) is 53.4 Å². The van der Waals surface area contributed by atoms with Gasteiger partial charge in [-0.2, -0.15) is 0 Å². The van der Waals surface area contributed by atoms with Gasteiger partial charge < -0.3 is 38.8 Å². The van der Waals surface area contributed by atoms with Crippen molar-refractivity contribution in [3.8, 4) is 0 Å². The lowest BCUT2D eigenvalue weighted by Gasteiger charge is -2.48. The molecule has 0 aliphatic carbocycles. The number of amides is 1. The lowest BCUT2D eigenvalue weighted by molar-refractivity contribution is -0.308. The summed E-state index contributed by atoms with van der Waals surface area (Å²) in [6.45, 7) is 8.97. The summed E-state index contributed by atoms with van der Waals surface area (Å²) >= 11 is 0. The predicted molar refractivity (Wildman–Crippen MR) is 123 cm³/mol. The van der Waals surface area contributed by atoms with E-state index < -0.39 is 17.8 Å². The number of hydrogen-bond acceptors (Lipinski definition) is 8. The SMILES string of the molecule is COCC(CC1OC(CNC(=O)C(O)C2(OC)CCC(C)C(C)O2)CC(OC)C1(C)C)OC. The predicted octanol–water partition coefficient (Wildman–Crippen LogP) is 1.89. The van der Waals surface area contributed by atoms with Crippen molar-refractivity contribution in [3.63, 3.8) is 0 Å². The van der Waals surface area contributed by atoms with Gasteiger partial charge in [0.05, 0.1) is 37.1 Å². The maximum absolute atomic E-state index is 12.9. The van der Waals surface area contributed by atoms with Crippen molar-refractivity contribution in [2.45, 2.75) is 95.8 Å². The highest BCUT2D eigenvalue weighted by molar-refractivity contribution is 5.81. The number of rotatable bonds is 11. The average Bonchev–Trinajstić information content (AvgIpc) is 2.79. The van der Waals surface area contributed by atoms with Crippen LogP contribution in [0.2, 0.25) is 0 Å². The van der Waals surface area contributed by atoms with Crippen LogP contribution in [-0.4, -0.2) is 95.0 Å². The summed E-state index contributed by atoms with van der Waals surface area (Å²) in [4.78, 5) is 12.9. The number of aliphatic hydroxyl groups excluding tert-OH is 1. The zero-order valence-corrected chi connectivity index (χ0v) is 21.6. The van der Waals surface area contributed by atoms with Crippen molar-refractivity contribution in [1.29, 1.82) is 0 Å². The molecule has 2 aliphatic rings. The number of carbonyl (C=O) groups is 1. The van der Waals surface area contributed by atoms with Crippen LogP contribution in [0.4, 0.5) is 0 Å². The smallest absolute Gasteiger partial charge is 0.254 e. The van der Waals surface area contributed by atoms with Crippen LogP contribution in [0.25, 0.3) is 0 Å². The van der Waals surface area contributed by atoms with Crippen LogP contribution in [0, 0.1) is 11.3 Å². The molecule has 9 nitrogen and oxygen atoms in total. The van der Waals surface area contributed by atoms with E-state index in [1.54, 1.807) is 21.3 Å². The van der Waals surface area contributed by atoms with Crippen molar-refractivity contribution in [3.05, 3.63) is 0 Å². The van der Waals surface area contributed by atoms with Gasteiger partial charge in [-0.15, -0.1) is 0 Å². The summed E-state index contributed by atoms with van der Waals surface area (Å²) in [5, 5.41) is 13.6. The van der Waals surface area contributed by atoms with Crippen LogP contribution >= 0.6 is 0 Å². The van der Waals surface area contributed by atoms with Crippen LogP contribution < -0.4 is 5.32 Å². The minimum Gasteiger partial charge on any atom is -0.382 e. The van der Waals surface area contributed by atoms with E-state index in [1.807, 2.05) is 6.92 Å². The van der Waals surface area contributed by atoms with Crippen LogP contribution in [-0.2, 0) is 33.2 Å². The standard InChI is InChI=1S/C24H45NO8/c1-15-9-10-24(31-8,33-16(15)2)21(26)22(27)25-13-17-11-19(30-7)23(3,4)20(32-17)12-18(29-6)14-28-5/h15-21,26H,9-14H2,1-8H3,(H,25,27). The fourth-order valence-electron chi connectivity index (χ4n) is 4.89. The number of hydrogen-bond donors (Lipinski definition) is 2. The number of nitrogens with one attached hydrogen (secondary N) is 1. The van der Waals surface area contributed by atoms with E-state index in [4.69, 9.17) is 28.4 Å². The van der Waals surface area contributed by atoms with Gasteiger partial charge in [-0.3, -0.25) is 4.79 Å². The van der Waals surface area contributed by atoms with Gasteiger partial charge in [0.15, 0.2) is 6.10 Å². The topological polar surface area (TPSA) is 105 Å². The summed E-state index contributed by atoms with van der Waals surface area (Å²) in [6.07, 6.45) is 0.369. The molecule has 2 rings (SSSR count). The van der Waals surface area contributed by atoms with E-state index in [2.05, 4.69) is 26.1 Å². The molecular formula is C24H45NO8. The summed E-state index contributed by atoms with van der Waals surface area (Å²) in [5.74, 6) is -1.54. The van der Waals surface area contributed by atoms with E-state index in [9.17, 15) is 9.90 Å².